The molecule has 0 bridgehead atoms. The Hall–Kier alpha value is -5.18. The molecule has 2 amide bonds. The van der Waals surface area contributed by atoms with Crippen molar-refractivity contribution in [1.29, 1.82) is 0 Å². The van der Waals surface area contributed by atoms with Crippen LogP contribution in [0.4, 0.5) is 17.1 Å². The third kappa shape index (κ3) is 12.6. The van der Waals surface area contributed by atoms with E-state index in [9.17, 15) is 31.5 Å². The van der Waals surface area contributed by atoms with Crippen LogP contribution in [0.2, 0.25) is 10.0 Å². The topological polar surface area (TPSA) is 203 Å². The number of rotatable bonds is 14. The van der Waals surface area contributed by atoms with Gasteiger partial charge in [-0.25, -0.2) is 16.8 Å². The van der Waals surface area contributed by atoms with Crippen LogP contribution >= 0.6 is 45.9 Å². The minimum atomic E-state index is -3.59. The molecule has 8 rings (SSSR count). The number of nitrogens with one attached hydrogen (secondary N) is 4. The van der Waals surface area contributed by atoms with Crippen LogP contribution in [-0.4, -0.2) is 80.6 Å². The molecule has 14 nitrogen and oxygen atoms in total. The molecule has 2 aliphatic heterocycles. The van der Waals surface area contributed by atoms with Crippen LogP contribution in [0.5, 0.6) is 5.75 Å². The van der Waals surface area contributed by atoms with E-state index >= 15 is 0 Å². The molecule has 0 aliphatic carbocycles. The number of carbonyl (C=O) groups is 2. The van der Waals surface area contributed by atoms with Gasteiger partial charge >= 0.3 is 0 Å². The van der Waals surface area contributed by atoms with Gasteiger partial charge in [-0.15, -0.1) is 22.7 Å². The number of hydrogen-bond donors (Lipinski definition) is 6. The molecule has 4 heterocycles. The second-order valence-electron chi connectivity index (χ2n) is 15.6. The summed E-state index contributed by atoms with van der Waals surface area (Å²) in [6.45, 7) is 2.17. The maximum atomic E-state index is 13.1. The fraction of sp³-hybridized carbons (Fsp3) is 0.261. The standard InChI is InChI=1S/C23H25ClN4O3S2.C23H24ClN3O4S2/c24-17-7-5-16(6-8-17)23(29)26-15-19-9-10-22(32-19)33(30,31)28-13-11-18(12-14-28)27-21-4-2-1-3-20(21)25;24-17-7-5-16(6-8-17)23(29)25-15-19-9-10-22(32-19)33(30,31)27-13-11-18(12-14-27)26-20-3-1-2-4-21(20)28/h1-10,18,27H,11-15,25H2,(H,26,29);1-10,18,26,28H,11-15H2,(H,25,29). The van der Waals surface area contributed by atoms with E-state index in [0.717, 1.165) is 26.8 Å². The van der Waals surface area contributed by atoms with Gasteiger partial charge in [-0.2, -0.15) is 8.61 Å². The Kier molecular flexibility index (Phi) is 16.3. The zero-order valence-electron chi connectivity index (χ0n) is 35.5. The first-order chi connectivity index (χ1) is 31.6. The number of nitrogen functional groups attached to an aromatic ring is 1. The minimum Gasteiger partial charge on any atom is -0.506 e. The van der Waals surface area contributed by atoms with Crippen LogP contribution in [0.1, 0.15) is 56.2 Å². The summed E-state index contributed by atoms with van der Waals surface area (Å²) in [7, 11) is -7.16. The minimum absolute atomic E-state index is 0.0896. The van der Waals surface area contributed by atoms with Gasteiger partial charge in [0.05, 0.1) is 30.2 Å². The molecule has 2 aliphatic rings. The fourth-order valence-electron chi connectivity index (χ4n) is 7.32. The highest BCUT2D eigenvalue weighted by molar-refractivity contribution is 7.91. The van der Waals surface area contributed by atoms with Crippen molar-refractivity contribution < 1.29 is 31.5 Å². The van der Waals surface area contributed by atoms with Gasteiger partial charge in [0.2, 0.25) is 0 Å². The van der Waals surface area contributed by atoms with Gasteiger partial charge in [0, 0.05) is 69.2 Å². The zero-order valence-corrected chi connectivity index (χ0v) is 40.3. The molecular weight excluding hydrogens is 962 g/mol. The van der Waals surface area contributed by atoms with Crippen molar-refractivity contribution in [2.45, 2.75) is 59.3 Å². The number of phenols is 1. The van der Waals surface area contributed by atoms with E-state index in [-0.39, 0.29) is 51.2 Å². The molecule has 2 aromatic heterocycles. The fourth-order valence-corrected chi connectivity index (χ4v) is 13.4. The van der Waals surface area contributed by atoms with Crippen molar-refractivity contribution in [2.75, 3.05) is 42.5 Å². The molecule has 0 radical (unpaired) electrons. The van der Waals surface area contributed by atoms with Crippen molar-refractivity contribution in [3.63, 3.8) is 0 Å². The highest BCUT2D eigenvalue weighted by Crippen LogP contribution is 2.31. The number of piperidine rings is 2. The smallest absolute Gasteiger partial charge is 0.252 e. The summed E-state index contributed by atoms with van der Waals surface area (Å²) in [6, 6.07) is 34.7. The Balaban J connectivity index is 0.000000196. The van der Waals surface area contributed by atoms with E-state index < -0.39 is 20.0 Å². The highest BCUT2D eigenvalue weighted by atomic mass is 35.5. The summed E-state index contributed by atoms with van der Waals surface area (Å²) in [5, 5.41) is 23.4. The van der Waals surface area contributed by atoms with Crippen LogP contribution in [0.15, 0.2) is 130 Å². The number of nitrogens with zero attached hydrogens (tertiary/aromatic N) is 2. The number of nitrogens with two attached hydrogens (primary N) is 1. The Labute approximate surface area is 402 Å². The number of hydrogen-bond acceptors (Lipinski definition) is 12. The van der Waals surface area contributed by atoms with Crippen molar-refractivity contribution in [2.24, 2.45) is 0 Å². The van der Waals surface area contributed by atoms with E-state index in [1.54, 1.807) is 91.0 Å². The van der Waals surface area contributed by atoms with Gasteiger partial charge in [0.1, 0.15) is 14.2 Å². The summed E-state index contributed by atoms with van der Waals surface area (Å²) in [5.74, 6) is -0.302. The summed E-state index contributed by atoms with van der Waals surface area (Å²) in [4.78, 5) is 26.1. The lowest BCUT2D eigenvalue weighted by atomic mass is 10.1. The first kappa shape index (κ1) is 48.7. The third-order valence-electron chi connectivity index (χ3n) is 11.0. The summed E-state index contributed by atoms with van der Waals surface area (Å²) in [5.41, 5.74) is 9.20. The lowest BCUT2D eigenvalue weighted by molar-refractivity contribution is 0.0943. The predicted octanol–water partition coefficient (Wildman–Crippen LogP) is 8.48. The zero-order chi connectivity index (χ0) is 46.8. The van der Waals surface area contributed by atoms with E-state index in [1.165, 1.54) is 19.9 Å². The Bertz CT molecular complexity index is 2630. The number of thiophene rings is 2. The lowest BCUT2D eigenvalue weighted by Crippen LogP contribution is -2.42. The number of carbonyl (C=O) groups excluding carboxylic acids is 2. The molecule has 0 atom stereocenters. The average molecular weight is 1010 g/mol. The van der Waals surface area contributed by atoms with Gasteiger partial charge in [-0.05, 0) is 123 Å². The number of para-hydroxylation sites is 4. The van der Waals surface area contributed by atoms with Crippen molar-refractivity contribution in [3.05, 3.63) is 152 Å². The maximum Gasteiger partial charge on any atom is 0.252 e. The van der Waals surface area contributed by atoms with Crippen LogP contribution in [0.3, 0.4) is 0 Å². The Morgan fingerprint density at radius 1 is 0.576 bits per heavy atom. The maximum absolute atomic E-state index is 13.1. The van der Waals surface area contributed by atoms with Crippen LogP contribution < -0.4 is 27.0 Å². The molecule has 20 heteroatoms. The molecule has 6 aromatic rings. The van der Waals surface area contributed by atoms with Crippen LogP contribution in [-0.2, 0) is 33.1 Å². The molecule has 7 N–H and O–H groups in total. The van der Waals surface area contributed by atoms with Gasteiger partial charge in [0.25, 0.3) is 31.9 Å². The van der Waals surface area contributed by atoms with Gasteiger partial charge < -0.3 is 32.1 Å². The molecule has 66 heavy (non-hydrogen) atoms. The summed E-state index contributed by atoms with van der Waals surface area (Å²) >= 11 is 14.0. The van der Waals surface area contributed by atoms with Gasteiger partial charge in [-0.1, -0.05) is 47.5 Å². The number of halogens is 2. The van der Waals surface area contributed by atoms with Crippen molar-refractivity contribution in [1.82, 2.24) is 19.2 Å². The third-order valence-corrected chi connectivity index (χ3v) is 18.4. The number of anilines is 3. The quantitative estimate of drug-likeness (QED) is 0.0454. The number of benzene rings is 4. The normalized spacial score (nSPS) is 15.3. The Morgan fingerprint density at radius 2 is 0.970 bits per heavy atom. The second kappa shape index (κ2) is 22.1. The van der Waals surface area contributed by atoms with Crippen LogP contribution in [0, 0.1) is 0 Å². The second-order valence-corrected chi connectivity index (χ2v) is 23.1. The number of sulfonamides is 2. The van der Waals surface area contributed by atoms with E-state index in [0.29, 0.717) is 84.4 Å². The Morgan fingerprint density at radius 3 is 1.39 bits per heavy atom. The first-order valence-electron chi connectivity index (χ1n) is 21.1. The first-order valence-corrected chi connectivity index (χ1v) is 26.3. The van der Waals surface area contributed by atoms with E-state index in [4.69, 9.17) is 28.9 Å². The van der Waals surface area contributed by atoms with Gasteiger partial charge in [-0.3, -0.25) is 9.59 Å². The average Bonchev–Trinajstić information content (AvgIpc) is 4.02. The number of aromatic hydroxyl groups is 1. The lowest BCUT2D eigenvalue weighted by Gasteiger charge is -2.32. The molecule has 2 fully saturated rings. The number of phenolic OH excluding ortho intramolecular Hbond substituents is 1. The van der Waals surface area contributed by atoms with Gasteiger partial charge in [0.15, 0.2) is 0 Å². The SMILES string of the molecule is Nc1ccccc1NC1CCN(S(=O)(=O)c2ccc(CNC(=O)c3ccc(Cl)cc3)s2)CC1.O=C(NCc1ccc(S(=O)(=O)N2CCC(Nc3ccccc3O)CC2)s1)c1ccc(Cl)cc1. The predicted molar refractivity (Wildman–Crippen MR) is 264 cm³/mol. The molecule has 348 valence electrons. The summed E-state index contributed by atoms with van der Waals surface area (Å²) < 4.78 is 56.0. The molecule has 0 unspecified atom stereocenters. The molecule has 0 spiro atoms. The van der Waals surface area contributed by atoms with Crippen molar-refractivity contribution >= 4 is 94.8 Å². The largest absolute Gasteiger partial charge is 0.506 e. The summed E-state index contributed by atoms with van der Waals surface area (Å²) in [6.07, 6.45) is 2.68. The molecular formula is C46H49Cl2N7O7S4. The number of amides is 2. The van der Waals surface area contributed by atoms with E-state index in [1.807, 2.05) is 30.3 Å². The molecule has 4 aromatic carbocycles. The highest BCUT2D eigenvalue weighted by Gasteiger charge is 2.32. The monoisotopic (exact) mass is 1010 g/mol. The van der Waals surface area contributed by atoms with E-state index in [2.05, 4.69) is 21.3 Å². The molecule has 0 saturated carbocycles. The molecule has 2 saturated heterocycles. The van der Waals surface area contributed by atoms with Crippen LogP contribution in [0.25, 0.3) is 0 Å². The van der Waals surface area contributed by atoms with Crippen molar-refractivity contribution in [3.8, 4) is 5.75 Å².